The Kier molecular flexibility index (Phi) is 3.58. The van der Waals surface area contributed by atoms with E-state index < -0.39 is 0 Å². The standard InChI is InChI=1S/C12H12BrN3O/c1-16-8-10(13)15-11(16)12(17)14-7-9-5-3-2-4-6-9/h2-6,8H,7H2,1H3,(H,14,17). The van der Waals surface area contributed by atoms with Gasteiger partial charge in [0.15, 0.2) is 5.82 Å². The van der Waals surface area contributed by atoms with Gasteiger partial charge in [0.2, 0.25) is 0 Å². The molecule has 1 aromatic heterocycles. The number of aromatic nitrogens is 2. The van der Waals surface area contributed by atoms with Crippen LogP contribution in [0.5, 0.6) is 0 Å². The summed E-state index contributed by atoms with van der Waals surface area (Å²) in [7, 11) is 1.79. The van der Waals surface area contributed by atoms with E-state index in [0.717, 1.165) is 5.56 Å². The third-order valence-electron chi connectivity index (χ3n) is 2.35. The van der Waals surface area contributed by atoms with Crippen molar-refractivity contribution in [1.82, 2.24) is 14.9 Å². The summed E-state index contributed by atoms with van der Waals surface area (Å²) in [5.41, 5.74) is 1.06. The monoisotopic (exact) mass is 293 g/mol. The van der Waals surface area contributed by atoms with Crippen LogP contribution in [0, 0.1) is 0 Å². The van der Waals surface area contributed by atoms with Gasteiger partial charge in [0.25, 0.3) is 5.91 Å². The minimum Gasteiger partial charge on any atom is -0.345 e. The Morgan fingerprint density at radius 3 is 2.71 bits per heavy atom. The molecule has 88 valence electrons. The SMILES string of the molecule is Cn1cc(Br)nc1C(=O)NCc1ccccc1. The number of aryl methyl sites for hydroxylation is 1. The van der Waals surface area contributed by atoms with Crippen LogP contribution < -0.4 is 5.32 Å². The van der Waals surface area contributed by atoms with Crippen LogP contribution in [0.25, 0.3) is 0 Å². The fraction of sp³-hybridized carbons (Fsp3) is 0.167. The van der Waals surface area contributed by atoms with E-state index >= 15 is 0 Å². The lowest BCUT2D eigenvalue weighted by molar-refractivity contribution is 0.0937. The van der Waals surface area contributed by atoms with Crippen LogP contribution in [0.15, 0.2) is 41.1 Å². The lowest BCUT2D eigenvalue weighted by Crippen LogP contribution is -2.25. The Bertz CT molecular complexity index is 522. The molecule has 0 fully saturated rings. The van der Waals surface area contributed by atoms with Gasteiger partial charge in [-0.25, -0.2) is 4.98 Å². The van der Waals surface area contributed by atoms with E-state index in [1.807, 2.05) is 30.3 Å². The number of imidazole rings is 1. The summed E-state index contributed by atoms with van der Waals surface area (Å²) in [5, 5.41) is 2.83. The van der Waals surface area contributed by atoms with Gasteiger partial charge in [0.05, 0.1) is 0 Å². The average molecular weight is 294 g/mol. The van der Waals surface area contributed by atoms with E-state index in [9.17, 15) is 4.79 Å². The number of hydrogen-bond donors (Lipinski definition) is 1. The van der Waals surface area contributed by atoms with Crippen LogP contribution in [0.2, 0.25) is 0 Å². The van der Waals surface area contributed by atoms with Crippen molar-refractivity contribution in [3.63, 3.8) is 0 Å². The highest BCUT2D eigenvalue weighted by Crippen LogP contribution is 2.08. The fourth-order valence-corrected chi connectivity index (χ4v) is 1.97. The van der Waals surface area contributed by atoms with Gasteiger partial charge in [0, 0.05) is 19.8 Å². The molecule has 2 rings (SSSR count). The van der Waals surface area contributed by atoms with Crippen molar-refractivity contribution >= 4 is 21.8 Å². The minimum atomic E-state index is -0.179. The molecule has 0 unspecified atom stereocenters. The van der Waals surface area contributed by atoms with E-state index in [1.165, 1.54) is 0 Å². The maximum absolute atomic E-state index is 11.8. The van der Waals surface area contributed by atoms with Crippen molar-refractivity contribution in [1.29, 1.82) is 0 Å². The molecule has 1 N–H and O–H groups in total. The summed E-state index contributed by atoms with van der Waals surface area (Å²) in [6.07, 6.45) is 1.75. The predicted molar refractivity (Wildman–Crippen MR) is 68.5 cm³/mol. The summed E-state index contributed by atoms with van der Waals surface area (Å²) >= 11 is 3.24. The molecular formula is C12H12BrN3O. The van der Waals surface area contributed by atoms with Gasteiger partial charge in [-0.1, -0.05) is 30.3 Å². The van der Waals surface area contributed by atoms with Gasteiger partial charge in [-0.2, -0.15) is 0 Å². The quantitative estimate of drug-likeness (QED) is 0.942. The maximum atomic E-state index is 11.8. The zero-order chi connectivity index (χ0) is 12.3. The number of hydrogen-bond acceptors (Lipinski definition) is 2. The second-order valence-electron chi connectivity index (χ2n) is 3.67. The molecule has 0 aliphatic rings. The number of nitrogens with one attached hydrogen (secondary N) is 1. The fourth-order valence-electron chi connectivity index (χ4n) is 1.50. The third kappa shape index (κ3) is 2.94. The number of halogens is 1. The van der Waals surface area contributed by atoms with Crippen LogP contribution in [0.1, 0.15) is 16.2 Å². The molecule has 2 aromatic rings. The molecule has 1 aromatic carbocycles. The highest BCUT2D eigenvalue weighted by atomic mass is 79.9. The number of carbonyl (C=O) groups excluding carboxylic acids is 1. The van der Waals surface area contributed by atoms with E-state index in [-0.39, 0.29) is 5.91 Å². The van der Waals surface area contributed by atoms with E-state index in [1.54, 1.807) is 17.8 Å². The first-order valence-corrected chi connectivity index (χ1v) is 5.97. The summed E-state index contributed by atoms with van der Waals surface area (Å²) in [6.45, 7) is 0.504. The highest BCUT2D eigenvalue weighted by Gasteiger charge is 2.12. The van der Waals surface area contributed by atoms with Crippen LogP contribution in [0.4, 0.5) is 0 Å². The Labute approximate surface area is 108 Å². The van der Waals surface area contributed by atoms with Crippen LogP contribution in [0.3, 0.4) is 0 Å². The lowest BCUT2D eigenvalue weighted by atomic mass is 10.2. The summed E-state index contributed by atoms with van der Waals surface area (Å²) in [6, 6.07) is 9.77. The van der Waals surface area contributed by atoms with Gasteiger partial charge >= 0.3 is 0 Å². The smallest absolute Gasteiger partial charge is 0.287 e. The third-order valence-corrected chi connectivity index (χ3v) is 2.73. The van der Waals surface area contributed by atoms with Crippen LogP contribution in [-0.4, -0.2) is 15.5 Å². The molecule has 1 amide bonds. The van der Waals surface area contributed by atoms with Crippen molar-refractivity contribution in [2.45, 2.75) is 6.54 Å². The molecule has 0 spiro atoms. The first-order chi connectivity index (χ1) is 8.16. The molecule has 0 atom stereocenters. The molecule has 4 nitrogen and oxygen atoms in total. The molecule has 0 saturated heterocycles. The van der Waals surface area contributed by atoms with Gasteiger partial charge in [-0.15, -0.1) is 0 Å². The lowest BCUT2D eigenvalue weighted by Gasteiger charge is -2.04. The zero-order valence-electron chi connectivity index (χ0n) is 9.35. The topological polar surface area (TPSA) is 46.9 Å². The van der Waals surface area contributed by atoms with Crippen molar-refractivity contribution in [3.05, 3.63) is 52.5 Å². The largest absolute Gasteiger partial charge is 0.345 e. The van der Waals surface area contributed by atoms with Crippen molar-refractivity contribution in [2.75, 3.05) is 0 Å². The van der Waals surface area contributed by atoms with Crippen molar-refractivity contribution in [3.8, 4) is 0 Å². The maximum Gasteiger partial charge on any atom is 0.287 e. The van der Waals surface area contributed by atoms with E-state index in [2.05, 4.69) is 26.2 Å². The Morgan fingerprint density at radius 2 is 2.12 bits per heavy atom. The number of carbonyl (C=O) groups is 1. The van der Waals surface area contributed by atoms with E-state index in [4.69, 9.17) is 0 Å². The number of amides is 1. The molecule has 5 heteroatoms. The van der Waals surface area contributed by atoms with Crippen molar-refractivity contribution < 1.29 is 4.79 Å². The normalized spacial score (nSPS) is 10.2. The number of benzene rings is 1. The molecule has 0 aliphatic carbocycles. The summed E-state index contributed by atoms with van der Waals surface area (Å²) in [4.78, 5) is 15.9. The van der Waals surface area contributed by atoms with Crippen LogP contribution >= 0.6 is 15.9 Å². The highest BCUT2D eigenvalue weighted by molar-refractivity contribution is 9.10. The molecule has 0 bridgehead atoms. The average Bonchev–Trinajstić information content (AvgIpc) is 2.67. The summed E-state index contributed by atoms with van der Waals surface area (Å²) in [5.74, 6) is 0.217. The second-order valence-corrected chi connectivity index (χ2v) is 4.48. The summed E-state index contributed by atoms with van der Waals surface area (Å²) < 4.78 is 2.34. The predicted octanol–water partition coefficient (Wildman–Crippen LogP) is 2.11. The molecule has 17 heavy (non-hydrogen) atoms. The first-order valence-electron chi connectivity index (χ1n) is 5.18. The molecular weight excluding hydrogens is 282 g/mol. The Balaban J connectivity index is 2.01. The Hall–Kier alpha value is -1.62. The molecule has 0 radical (unpaired) electrons. The zero-order valence-corrected chi connectivity index (χ0v) is 10.9. The van der Waals surface area contributed by atoms with Gasteiger partial charge in [0.1, 0.15) is 4.60 Å². The van der Waals surface area contributed by atoms with Gasteiger partial charge < -0.3 is 9.88 Å². The molecule has 0 saturated carbocycles. The molecule has 0 aliphatic heterocycles. The molecule has 1 heterocycles. The number of nitrogens with zero attached hydrogens (tertiary/aromatic N) is 2. The van der Waals surface area contributed by atoms with Gasteiger partial charge in [-0.3, -0.25) is 4.79 Å². The van der Waals surface area contributed by atoms with Crippen LogP contribution in [-0.2, 0) is 13.6 Å². The first kappa shape index (κ1) is 11.9. The minimum absolute atomic E-state index is 0.179. The second kappa shape index (κ2) is 5.14. The van der Waals surface area contributed by atoms with E-state index in [0.29, 0.717) is 17.0 Å². The van der Waals surface area contributed by atoms with Crippen molar-refractivity contribution in [2.24, 2.45) is 7.05 Å². The number of rotatable bonds is 3. The van der Waals surface area contributed by atoms with Gasteiger partial charge in [-0.05, 0) is 21.5 Å². The Morgan fingerprint density at radius 1 is 1.41 bits per heavy atom.